The molecule has 0 fully saturated rings. The number of carbonyl (C=O) groups excluding carboxylic acids is 1. The largest absolute Gasteiger partial charge is 0.497 e. The molecule has 0 saturated carbocycles. The molecule has 2 N–H and O–H groups in total. The van der Waals surface area contributed by atoms with Crippen molar-refractivity contribution in [1.29, 1.82) is 0 Å². The van der Waals surface area contributed by atoms with Crippen molar-refractivity contribution in [3.05, 3.63) is 132 Å². The van der Waals surface area contributed by atoms with Crippen LogP contribution in [-0.2, 0) is 17.6 Å². The molecule has 1 amide bonds. The summed E-state index contributed by atoms with van der Waals surface area (Å²) in [6.07, 6.45) is 3.37. The summed E-state index contributed by atoms with van der Waals surface area (Å²) in [5.74, 6) is -1.41. The zero-order valence-corrected chi connectivity index (χ0v) is 22.6. The maximum atomic E-state index is 14.1. The highest BCUT2D eigenvalue weighted by atomic mass is 19.1. The second kappa shape index (κ2) is 11.4. The van der Waals surface area contributed by atoms with E-state index in [1.807, 2.05) is 42.5 Å². The molecule has 210 valence electrons. The highest BCUT2D eigenvalue weighted by Gasteiger charge is 2.22. The number of carbonyl (C=O) groups is 1. The Morgan fingerprint density at radius 3 is 2.50 bits per heavy atom. The van der Waals surface area contributed by atoms with Crippen LogP contribution in [0.5, 0.6) is 5.75 Å². The van der Waals surface area contributed by atoms with E-state index in [-0.39, 0.29) is 18.7 Å². The fourth-order valence-corrected chi connectivity index (χ4v) is 5.35. The van der Waals surface area contributed by atoms with E-state index in [0.717, 1.165) is 33.7 Å². The molecule has 0 unspecified atom stereocenters. The lowest BCUT2D eigenvalue weighted by atomic mass is 9.94. The maximum Gasteiger partial charge on any atom is 0.225 e. The van der Waals surface area contributed by atoms with Crippen molar-refractivity contribution < 1.29 is 22.7 Å². The van der Waals surface area contributed by atoms with E-state index in [1.165, 1.54) is 24.3 Å². The van der Waals surface area contributed by atoms with Gasteiger partial charge in [-0.3, -0.25) is 9.78 Å². The van der Waals surface area contributed by atoms with Crippen molar-refractivity contribution in [2.24, 2.45) is 0 Å². The summed E-state index contributed by atoms with van der Waals surface area (Å²) in [6.45, 7) is 0. The second-order valence-corrected chi connectivity index (χ2v) is 10.1. The molecule has 0 aliphatic heterocycles. The smallest absolute Gasteiger partial charge is 0.225 e. The quantitative estimate of drug-likeness (QED) is 0.201. The van der Waals surface area contributed by atoms with Gasteiger partial charge in [-0.15, -0.1) is 0 Å². The standard InChI is InChI=1S/C34H26F3N3O2/c1-42-28-8-6-21-14-23(5-4-22(21)15-28)29-3-2-10-38-34(29)32(13-20-11-26(36)17-27(37)12-20)40-33(41)16-24-19-39-31-9-7-25(35)18-30(24)31/h2-12,14-15,17-19,32,39H,13,16H2,1H3,(H,40,41)/t32-/m0/s1. The fraction of sp³-hybridized carbons (Fsp3) is 0.118. The Kier molecular flexibility index (Phi) is 7.35. The van der Waals surface area contributed by atoms with Gasteiger partial charge in [0, 0.05) is 34.9 Å². The normalized spacial score (nSPS) is 12.0. The van der Waals surface area contributed by atoms with E-state index in [0.29, 0.717) is 27.7 Å². The monoisotopic (exact) mass is 565 g/mol. The highest BCUT2D eigenvalue weighted by molar-refractivity contribution is 5.90. The fourth-order valence-electron chi connectivity index (χ4n) is 5.35. The summed E-state index contributed by atoms with van der Waals surface area (Å²) in [6, 6.07) is 22.4. The lowest BCUT2D eigenvalue weighted by molar-refractivity contribution is -0.121. The number of ether oxygens (including phenoxy) is 1. The van der Waals surface area contributed by atoms with E-state index < -0.39 is 23.5 Å². The predicted octanol–water partition coefficient (Wildman–Crippen LogP) is 7.45. The lowest BCUT2D eigenvalue weighted by Crippen LogP contribution is -2.32. The van der Waals surface area contributed by atoms with E-state index in [4.69, 9.17) is 4.74 Å². The van der Waals surface area contributed by atoms with Crippen LogP contribution in [-0.4, -0.2) is 23.0 Å². The Labute approximate surface area is 240 Å². The first-order valence-electron chi connectivity index (χ1n) is 13.4. The number of methoxy groups -OCH3 is 1. The molecule has 5 nitrogen and oxygen atoms in total. The Morgan fingerprint density at radius 2 is 1.69 bits per heavy atom. The summed E-state index contributed by atoms with van der Waals surface area (Å²) in [7, 11) is 1.62. The van der Waals surface area contributed by atoms with Gasteiger partial charge in [0.15, 0.2) is 0 Å². The van der Waals surface area contributed by atoms with Gasteiger partial charge in [-0.25, -0.2) is 13.2 Å². The average Bonchev–Trinajstić information content (AvgIpc) is 3.37. The van der Waals surface area contributed by atoms with Crippen molar-refractivity contribution in [2.75, 3.05) is 7.11 Å². The number of H-pyrrole nitrogens is 1. The molecule has 0 aliphatic rings. The first kappa shape index (κ1) is 27.1. The topological polar surface area (TPSA) is 67.0 Å². The summed E-state index contributed by atoms with van der Waals surface area (Å²) >= 11 is 0. The molecule has 0 bridgehead atoms. The molecule has 4 aromatic carbocycles. The minimum absolute atomic E-state index is 0.0303. The molecule has 0 saturated heterocycles. The van der Waals surface area contributed by atoms with Gasteiger partial charge in [-0.1, -0.05) is 24.3 Å². The number of halogens is 3. The van der Waals surface area contributed by atoms with Crippen LogP contribution in [0.25, 0.3) is 32.8 Å². The van der Waals surface area contributed by atoms with E-state index in [1.54, 1.807) is 31.6 Å². The third-order valence-electron chi connectivity index (χ3n) is 7.30. The molecule has 0 spiro atoms. The number of hydrogen-bond donors (Lipinski definition) is 2. The van der Waals surface area contributed by atoms with Crippen LogP contribution in [0.3, 0.4) is 0 Å². The number of benzene rings is 4. The minimum Gasteiger partial charge on any atom is -0.497 e. The Hall–Kier alpha value is -5.11. The van der Waals surface area contributed by atoms with Gasteiger partial charge < -0.3 is 15.0 Å². The van der Waals surface area contributed by atoms with Crippen LogP contribution in [0, 0.1) is 17.5 Å². The number of nitrogens with zero attached hydrogens (tertiary/aromatic N) is 1. The van der Waals surface area contributed by atoms with Gasteiger partial charge in [0.2, 0.25) is 5.91 Å². The van der Waals surface area contributed by atoms with Crippen molar-refractivity contribution in [1.82, 2.24) is 15.3 Å². The van der Waals surface area contributed by atoms with Gasteiger partial charge in [0.25, 0.3) is 0 Å². The molecule has 6 aromatic rings. The summed E-state index contributed by atoms with van der Waals surface area (Å²) in [5.41, 5.74) is 3.90. The van der Waals surface area contributed by atoms with Crippen molar-refractivity contribution >= 4 is 27.6 Å². The summed E-state index contributed by atoms with van der Waals surface area (Å²) in [4.78, 5) is 21.1. The molecule has 0 radical (unpaired) electrons. The SMILES string of the molecule is COc1ccc2cc(-c3cccnc3[C@H](Cc3cc(F)cc(F)c3)NC(=O)Cc3c[nH]c4ccc(F)cc34)ccc2c1. The first-order chi connectivity index (χ1) is 20.4. The first-order valence-corrected chi connectivity index (χ1v) is 13.4. The summed E-state index contributed by atoms with van der Waals surface area (Å²) < 4.78 is 47.5. The number of nitrogens with one attached hydrogen (secondary N) is 2. The molecule has 0 aliphatic carbocycles. The average molecular weight is 566 g/mol. The van der Waals surface area contributed by atoms with Crippen LogP contribution >= 0.6 is 0 Å². The van der Waals surface area contributed by atoms with Gasteiger partial charge in [0.1, 0.15) is 23.2 Å². The molecular formula is C34H26F3N3O2. The molecular weight excluding hydrogens is 539 g/mol. The van der Waals surface area contributed by atoms with Crippen molar-refractivity contribution in [3.63, 3.8) is 0 Å². The van der Waals surface area contributed by atoms with Gasteiger partial charge in [0.05, 0.1) is 25.3 Å². The number of aromatic nitrogens is 2. The zero-order valence-electron chi connectivity index (χ0n) is 22.6. The van der Waals surface area contributed by atoms with Crippen LogP contribution in [0.1, 0.15) is 22.9 Å². The van der Waals surface area contributed by atoms with Gasteiger partial charge in [-0.2, -0.15) is 0 Å². The molecule has 2 heterocycles. The Bertz CT molecular complexity index is 1920. The van der Waals surface area contributed by atoms with Gasteiger partial charge >= 0.3 is 0 Å². The molecule has 2 aromatic heterocycles. The number of aromatic amines is 1. The van der Waals surface area contributed by atoms with Crippen LogP contribution in [0.15, 0.2) is 97.3 Å². The molecule has 42 heavy (non-hydrogen) atoms. The lowest BCUT2D eigenvalue weighted by Gasteiger charge is -2.22. The molecule has 8 heteroatoms. The maximum absolute atomic E-state index is 14.1. The number of rotatable bonds is 8. The highest BCUT2D eigenvalue weighted by Crippen LogP contribution is 2.32. The number of hydrogen-bond acceptors (Lipinski definition) is 3. The zero-order chi connectivity index (χ0) is 29.2. The summed E-state index contributed by atoms with van der Waals surface area (Å²) in [5, 5.41) is 5.63. The third-order valence-corrected chi connectivity index (χ3v) is 7.30. The van der Waals surface area contributed by atoms with E-state index >= 15 is 0 Å². The second-order valence-electron chi connectivity index (χ2n) is 10.1. The van der Waals surface area contributed by atoms with E-state index in [2.05, 4.69) is 15.3 Å². The van der Waals surface area contributed by atoms with Crippen molar-refractivity contribution in [2.45, 2.75) is 18.9 Å². The Morgan fingerprint density at radius 1 is 0.905 bits per heavy atom. The number of amides is 1. The number of fused-ring (bicyclic) bond motifs is 2. The predicted molar refractivity (Wildman–Crippen MR) is 157 cm³/mol. The Balaban J connectivity index is 1.37. The van der Waals surface area contributed by atoms with Crippen LogP contribution in [0.2, 0.25) is 0 Å². The third kappa shape index (κ3) is 5.69. The van der Waals surface area contributed by atoms with Crippen LogP contribution in [0.4, 0.5) is 13.2 Å². The molecule has 6 rings (SSSR count). The number of pyridine rings is 1. The molecule has 1 atom stereocenters. The van der Waals surface area contributed by atoms with Gasteiger partial charge in [-0.05, 0) is 88.5 Å². The minimum atomic E-state index is -0.719. The van der Waals surface area contributed by atoms with E-state index in [9.17, 15) is 18.0 Å². The van der Waals surface area contributed by atoms with Crippen LogP contribution < -0.4 is 10.1 Å². The van der Waals surface area contributed by atoms with Crippen molar-refractivity contribution in [3.8, 4) is 16.9 Å².